The first-order valence-electron chi connectivity index (χ1n) is 9.28. The van der Waals surface area contributed by atoms with E-state index in [1.165, 1.54) is 5.56 Å². The Morgan fingerprint density at radius 3 is 2.52 bits per heavy atom. The van der Waals surface area contributed by atoms with Crippen LogP contribution in [0.15, 0.2) is 59.7 Å². The minimum absolute atomic E-state index is 0.193. The number of hydrogen-bond acceptors (Lipinski definition) is 5. The van der Waals surface area contributed by atoms with Gasteiger partial charge in [0, 0.05) is 38.2 Å². The zero-order valence-electron chi connectivity index (χ0n) is 15.1. The van der Waals surface area contributed by atoms with Crippen molar-refractivity contribution in [3.05, 3.63) is 60.2 Å². The Hall–Kier alpha value is -2.86. The summed E-state index contributed by atoms with van der Waals surface area (Å²) < 4.78 is 11.3. The number of nitrogens with zero attached hydrogens (tertiary/aromatic N) is 2. The number of carbonyl (C=O) groups is 1. The van der Waals surface area contributed by atoms with Gasteiger partial charge in [-0.05, 0) is 17.7 Å². The Kier molecular flexibility index (Phi) is 5.34. The lowest BCUT2D eigenvalue weighted by molar-refractivity contribution is -0.130. The monoisotopic (exact) mass is 365 g/mol. The third kappa shape index (κ3) is 4.46. The highest BCUT2D eigenvalue weighted by atomic mass is 16.6. The molecule has 0 radical (unpaired) electrons. The molecule has 4 rings (SSSR count). The largest absolute Gasteiger partial charge is 0.485 e. The molecule has 1 saturated heterocycles. The van der Waals surface area contributed by atoms with Crippen molar-refractivity contribution in [2.24, 2.45) is 5.10 Å². The lowest BCUT2D eigenvalue weighted by Crippen LogP contribution is -2.43. The van der Waals surface area contributed by atoms with Crippen LogP contribution in [-0.4, -0.2) is 42.3 Å². The maximum absolute atomic E-state index is 12.3. The molecule has 0 spiro atoms. The minimum atomic E-state index is -0.678. The zero-order chi connectivity index (χ0) is 18.5. The topological polar surface area (TPSA) is 63.2 Å². The number of benzene rings is 2. The molecule has 1 amide bonds. The molecule has 2 aliphatic heterocycles. The summed E-state index contributed by atoms with van der Waals surface area (Å²) in [4.78, 5) is 14.7. The summed E-state index contributed by atoms with van der Waals surface area (Å²) >= 11 is 0. The van der Waals surface area contributed by atoms with Crippen molar-refractivity contribution in [3.8, 4) is 11.5 Å². The van der Waals surface area contributed by atoms with Crippen LogP contribution in [0.5, 0.6) is 11.5 Å². The van der Waals surface area contributed by atoms with Crippen molar-refractivity contribution in [2.75, 3.05) is 19.7 Å². The number of rotatable bonds is 4. The molecule has 27 heavy (non-hydrogen) atoms. The number of ether oxygens (including phenoxy) is 2. The second kappa shape index (κ2) is 8.22. The van der Waals surface area contributed by atoms with E-state index in [2.05, 4.69) is 39.7 Å². The van der Waals surface area contributed by atoms with Crippen molar-refractivity contribution in [1.82, 2.24) is 10.3 Å². The third-order valence-corrected chi connectivity index (χ3v) is 4.81. The van der Waals surface area contributed by atoms with Crippen molar-refractivity contribution >= 4 is 11.6 Å². The number of amides is 1. The van der Waals surface area contributed by atoms with E-state index in [0.29, 0.717) is 11.5 Å². The SMILES string of the molecule is O=C(NN=C1CCN(Cc2ccccc2)CC1)[C@@H]1COc2ccccc2O1. The van der Waals surface area contributed by atoms with Gasteiger partial charge >= 0.3 is 0 Å². The zero-order valence-corrected chi connectivity index (χ0v) is 15.1. The van der Waals surface area contributed by atoms with Crippen LogP contribution in [-0.2, 0) is 11.3 Å². The molecule has 2 aliphatic rings. The molecule has 2 heterocycles. The molecule has 2 aromatic carbocycles. The summed E-state index contributed by atoms with van der Waals surface area (Å²) in [6.45, 7) is 3.03. The minimum Gasteiger partial charge on any atom is -0.485 e. The van der Waals surface area contributed by atoms with Crippen molar-refractivity contribution in [1.29, 1.82) is 0 Å². The van der Waals surface area contributed by atoms with Crippen LogP contribution in [0, 0.1) is 0 Å². The molecule has 0 aliphatic carbocycles. The summed E-state index contributed by atoms with van der Waals surface area (Å²) in [5.41, 5.74) is 4.98. The molecule has 6 nitrogen and oxygen atoms in total. The highest BCUT2D eigenvalue weighted by Gasteiger charge is 2.27. The Labute approximate surface area is 158 Å². The quantitative estimate of drug-likeness (QED) is 0.846. The van der Waals surface area contributed by atoms with Gasteiger partial charge < -0.3 is 9.47 Å². The molecule has 0 bridgehead atoms. The predicted octanol–water partition coefficient (Wildman–Crippen LogP) is 2.59. The first-order chi connectivity index (χ1) is 13.3. The van der Waals surface area contributed by atoms with Crippen molar-refractivity contribution in [2.45, 2.75) is 25.5 Å². The van der Waals surface area contributed by atoms with Gasteiger partial charge in [0.25, 0.3) is 5.91 Å². The van der Waals surface area contributed by atoms with E-state index in [-0.39, 0.29) is 12.5 Å². The summed E-state index contributed by atoms with van der Waals surface area (Å²) in [6.07, 6.45) is 1.04. The summed E-state index contributed by atoms with van der Waals surface area (Å²) in [5.74, 6) is 0.980. The van der Waals surface area contributed by atoms with Gasteiger partial charge in [0.2, 0.25) is 6.10 Å². The van der Waals surface area contributed by atoms with Crippen LogP contribution in [0.25, 0.3) is 0 Å². The van der Waals surface area contributed by atoms with Gasteiger partial charge in [-0.3, -0.25) is 9.69 Å². The lowest BCUT2D eigenvalue weighted by Gasteiger charge is -2.28. The van der Waals surface area contributed by atoms with E-state index in [0.717, 1.165) is 38.2 Å². The smallest absolute Gasteiger partial charge is 0.284 e. The lowest BCUT2D eigenvalue weighted by atomic mass is 10.1. The van der Waals surface area contributed by atoms with Crippen molar-refractivity contribution < 1.29 is 14.3 Å². The Morgan fingerprint density at radius 2 is 1.74 bits per heavy atom. The molecule has 1 atom stereocenters. The van der Waals surface area contributed by atoms with Gasteiger partial charge in [-0.2, -0.15) is 5.10 Å². The van der Waals surface area contributed by atoms with Gasteiger partial charge in [0.1, 0.15) is 6.61 Å². The molecule has 0 unspecified atom stereocenters. The summed E-state index contributed by atoms with van der Waals surface area (Å²) in [5, 5.41) is 4.31. The van der Waals surface area contributed by atoms with Crippen molar-refractivity contribution in [3.63, 3.8) is 0 Å². The standard InChI is InChI=1S/C21H23N3O3/c25-21(20-15-26-18-8-4-5-9-19(18)27-20)23-22-17-10-12-24(13-11-17)14-16-6-2-1-3-7-16/h1-9,20H,10-15H2,(H,23,25)/t20-/m0/s1. The maximum Gasteiger partial charge on any atom is 0.284 e. The van der Waals surface area contributed by atoms with Gasteiger partial charge in [-0.1, -0.05) is 42.5 Å². The third-order valence-electron chi connectivity index (χ3n) is 4.81. The number of para-hydroxylation sites is 2. The molecule has 6 heteroatoms. The van der Waals surface area contributed by atoms with Crippen LogP contribution >= 0.6 is 0 Å². The molecule has 0 saturated carbocycles. The average Bonchev–Trinajstić information content (AvgIpc) is 2.73. The van der Waals surface area contributed by atoms with E-state index in [9.17, 15) is 4.79 Å². The first-order valence-corrected chi connectivity index (χ1v) is 9.28. The molecule has 1 fully saturated rings. The van der Waals surface area contributed by atoms with Gasteiger partial charge in [0.05, 0.1) is 0 Å². The average molecular weight is 365 g/mol. The van der Waals surface area contributed by atoms with Crippen LogP contribution in [0.4, 0.5) is 0 Å². The second-order valence-corrected chi connectivity index (χ2v) is 6.78. The summed E-state index contributed by atoms with van der Waals surface area (Å²) in [6, 6.07) is 17.8. The number of likely N-dealkylation sites (tertiary alicyclic amines) is 1. The molecule has 140 valence electrons. The molecular formula is C21H23N3O3. The van der Waals surface area contributed by atoms with Crippen LogP contribution in [0.2, 0.25) is 0 Å². The normalized spacial score (nSPS) is 19.4. The second-order valence-electron chi connectivity index (χ2n) is 6.78. The fourth-order valence-corrected chi connectivity index (χ4v) is 3.28. The number of hydrogen-bond donors (Lipinski definition) is 1. The number of fused-ring (bicyclic) bond motifs is 1. The van der Waals surface area contributed by atoms with E-state index >= 15 is 0 Å². The molecule has 0 aromatic heterocycles. The fraction of sp³-hybridized carbons (Fsp3) is 0.333. The number of carbonyl (C=O) groups excluding carboxylic acids is 1. The molecule has 2 aromatic rings. The van der Waals surface area contributed by atoms with E-state index in [1.807, 2.05) is 24.3 Å². The van der Waals surface area contributed by atoms with Crippen LogP contribution in [0.3, 0.4) is 0 Å². The summed E-state index contributed by atoms with van der Waals surface area (Å²) in [7, 11) is 0. The fourth-order valence-electron chi connectivity index (χ4n) is 3.28. The van der Waals surface area contributed by atoms with Crippen LogP contribution in [0.1, 0.15) is 18.4 Å². The Morgan fingerprint density at radius 1 is 1.04 bits per heavy atom. The predicted molar refractivity (Wildman–Crippen MR) is 103 cm³/mol. The molecular weight excluding hydrogens is 342 g/mol. The Balaban J connectivity index is 1.25. The van der Waals surface area contributed by atoms with Gasteiger partial charge in [0.15, 0.2) is 11.5 Å². The number of piperidine rings is 1. The number of nitrogens with one attached hydrogen (secondary N) is 1. The highest BCUT2D eigenvalue weighted by Crippen LogP contribution is 2.30. The van der Waals surface area contributed by atoms with E-state index < -0.39 is 6.10 Å². The maximum atomic E-state index is 12.3. The number of hydrazone groups is 1. The van der Waals surface area contributed by atoms with Gasteiger partial charge in [-0.25, -0.2) is 5.43 Å². The highest BCUT2D eigenvalue weighted by molar-refractivity contribution is 5.88. The van der Waals surface area contributed by atoms with Gasteiger partial charge in [-0.15, -0.1) is 0 Å². The van der Waals surface area contributed by atoms with Crippen LogP contribution < -0.4 is 14.9 Å². The first kappa shape index (κ1) is 17.5. The van der Waals surface area contributed by atoms with E-state index in [1.54, 1.807) is 6.07 Å². The molecule has 1 N–H and O–H groups in total. The van der Waals surface area contributed by atoms with E-state index in [4.69, 9.17) is 9.47 Å². The Bertz CT molecular complexity index is 812.